The number of thioether (sulfide) groups is 1. The first-order valence-electron chi connectivity index (χ1n) is 5.94. The van der Waals surface area contributed by atoms with Crippen LogP contribution in [-0.2, 0) is 0 Å². The van der Waals surface area contributed by atoms with Crippen molar-refractivity contribution in [2.24, 2.45) is 0 Å². The second kappa shape index (κ2) is 6.87. The van der Waals surface area contributed by atoms with Crippen molar-refractivity contribution in [3.05, 3.63) is 52.8 Å². The van der Waals surface area contributed by atoms with Gasteiger partial charge in [-0.2, -0.15) is 8.78 Å². The molecule has 110 valence electrons. The van der Waals surface area contributed by atoms with E-state index in [1.54, 1.807) is 25.1 Å². The molecule has 0 atom stereocenters. The Balaban J connectivity index is 2.08. The van der Waals surface area contributed by atoms with Crippen molar-refractivity contribution in [3.8, 4) is 0 Å². The molecule has 0 saturated carbocycles. The molecular weight excluding hydrogens is 318 g/mol. The molecule has 0 saturated heterocycles. The van der Waals surface area contributed by atoms with E-state index < -0.39 is 11.7 Å². The standard InChI is InChI=1S/C14H11ClF2N2OS/c1-8-6-12(15)11(7-18-8)13(20)19-9-2-4-10(5-3-9)21-14(16)17/h2-7,14H,1H3,(H,19,20). The lowest BCUT2D eigenvalue weighted by Gasteiger charge is -2.08. The zero-order valence-electron chi connectivity index (χ0n) is 10.9. The third-order valence-corrected chi connectivity index (χ3v) is 3.61. The third-order valence-electron chi connectivity index (χ3n) is 2.57. The minimum absolute atomic E-state index is 0.258. The average molecular weight is 329 g/mol. The van der Waals surface area contributed by atoms with Crippen molar-refractivity contribution in [1.29, 1.82) is 0 Å². The van der Waals surface area contributed by atoms with Crippen LogP contribution in [0, 0.1) is 6.92 Å². The number of pyridine rings is 1. The number of aryl methyl sites for hydroxylation is 1. The van der Waals surface area contributed by atoms with Gasteiger partial charge in [0.1, 0.15) is 0 Å². The van der Waals surface area contributed by atoms with Crippen molar-refractivity contribution in [3.63, 3.8) is 0 Å². The van der Waals surface area contributed by atoms with Gasteiger partial charge >= 0.3 is 0 Å². The molecule has 0 fully saturated rings. The first-order chi connectivity index (χ1) is 9.95. The number of nitrogens with one attached hydrogen (secondary N) is 1. The molecule has 0 unspecified atom stereocenters. The van der Waals surface area contributed by atoms with Crippen molar-refractivity contribution >= 4 is 35.0 Å². The number of rotatable bonds is 4. The quantitative estimate of drug-likeness (QED) is 0.833. The van der Waals surface area contributed by atoms with E-state index in [9.17, 15) is 13.6 Å². The molecule has 2 aromatic rings. The highest BCUT2D eigenvalue weighted by Gasteiger charge is 2.12. The number of halogens is 3. The number of hydrogen-bond acceptors (Lipinski definition) is 3. The van der Waals surface area contributed by atoms with E-state index in [-0.39, 0.29) is 5.56 Å². The van der Waals surface area contributed by atoms with Crippen LogP contribution in [0.15, 0.2) is 41.4 Å². The van der Waals surface area contributed by atoms with E-state index in [1.165, 1.54) is 18.3 Å². The maximum absolute atomic E-state index is 12.2. The fourth-order valence-electron chi connectivity index (χ4n) is 1.61. The Labute approximate surface area is 129 Å². The highest BCUT2D eigenvalue weighted by atomic mass is 35.5. The maximum Gasteiger partial charge on any atom is 0.288 e. The first kappa shape index (κ1) is 15.7. The number of nitrogens with zero attached hydrogens (tertiary/aromatic N) is 1. The Kier molecular flexibility index (Phi) is 5.14. The lowest BCUT2D eigenvalue weighted by molar-refractivity contribution is 0.102. The zero-order chi connectivity index (χ0) is 15.4. The number of aromatic nitrogens is 1. The summed E-state index contributed by atoms with van der Waals surface area (Å²) in [5, 5.41) is 2.95. The predicted molar refractivity (Wildman–Crippen MR) is 80.2 cm³/mol. The molecule has 0 radical (unpaired) electrons. The molecule has 1 heterocycles. The number of hydrogen-bond donors (Lipinski definition) is 1. The summed E-state index contributed by atoms with van der Waals surface area (Å²) < 4.78 is 24.4. The van der Waals surface area contributed by atoms with Crippen molar-refractivity contribution in [1.82, 2.24) is 4.98 Å². The van der Waals surface area contributed by atoms with Crippen molar-refractivity contribution < 1.29 is 13.6 Å². The summed E-state index contributed by atoms with van der Waals surface area (Å²) in [7, 11) is 0. The van der Waals surface area contributed by atoms with Crippen LogP contribution in [0.2, 0.25) is 5.02 Å². The largest absolute Gasteiger partial charge is 0.322 e. The van der Waals surface area contributed by atoms with Crippen LogP contribution >= 0.6 is 23.4 Å². The molecule has 0 aliphatic carbocycles. The van der Waals surface area contributed by atoms with Crippen LogP contribution in [0.5, 0.6) is 0 Å². The number of carbonyl (C=O) groups is 1. The van der Waals surface area contributed by atoms with Gasteiger partial charge in [-0.05, 0) is 37.3 Å². The Morgan fingerprint density at radius 2 is 2.00 bits per heavy atom. The second-order valence-corrected chi connectivity index (χ2v) is 5.63. The fraction of sp³-hybridized carbons (Fsp3) is 0.143. The van der Waals surface area contributed by atoms with Crippen LogP contribution in [0.1, 0.15) is 16.1 Å². The number of anilines is 1. The summed E-state index contributed by atoms with van der Waals surface area (Å²) in [6.45, 7) is 1.77. The minimum Gasteiger partial charge on any atom is -0.322 e. The molecule has 1 N–H and O–H groups in total. The van der Waals surface area contributed by atoms with Crippen LogP contribution in [0.25, 0.3) is 0 Å². The van der Waals surface area contributed by atoms with Crippen LogP contribution in [0.4, 0.5) is 14.5 Å². The molecule has 0 bridgehead atoms. The Bertz CT molecular complexity index is 650. The van der Waals surface area contributed by atoms with Gasteiger partial charge in [0.25, 0.3) is 11.7 Å². The van der Waals surface area contributed by atoms with E-state index in [4.69, 9.17) is 11.6 Å². The van der Waals surface area contributed by atoms with Gasteiger partial charge in [-0.15, -0.1) is 0 Å². The third kappa shape index (κ3) is 4.41. The van der Waals surface area contributed by atoms with Gasteiger partial charge in [0.2, 0.25) is 0 Å². The summed E-state index contributed by atoms with van der Waals surface area (Å²) in [6, 6.07) is 7.73. The molecule has 1 aromatic carbocycles. The summed E-state index contributed by atoms with van der Waals surface area (Å²) in [6.07, 6.45) is 1.40. The summed E-state index contributed by atoms with van der Waals surface area (Å²) >= 11 is 6.43. The monoisotopic (exact) mass is 328 g/mol. The van der Waals surface area contributed by atoms with Crippen LogP contribution in [0.3, 0.4) is 0 Å². The molecule has 3 nitrogen and oxygen atoms in total. The lowest BCUT2D eigenvalue weighted by atomic mass is 10.2. The highest BCUT2D eigenvalue weighted by Crippen LogP contribution is 2.26. The first-order valence-corrected chi connectivity index (χ1v) is 7.20. The van der Waals surface area contributed by atoms with Gasteiger partial charge in [0.05, 0.1) is 10.6 Å². The SMILES string of the molecule is Cc1cc(Cl)c(C(=O)Nc2ccc(SC(F)F)cc2)cn1. The Hall–Kier alpha value is -1.66. The Morgan fingerprint density at radius 1 is 1.33 bits per heavy atom. The summed E-state index contributed by atoms with van der Waals surface area (Å²) in [4.78, 5) is 16.5. The number of amides is 1. The molecule has 21 heavy (non-hydrogen) atoms. The van der Waals surface area contributed by atoms with Gasteiger partial charge in [0.15, 0.2) is 0 Å². The van der Waals surface area contributed by atoms with Crippen LogP contribution < -0.4 is 5.32 Å². The molecule has 0 aliphatic heterocycles. The van der Waals surface area contributed by atoms with Crippen molar-refractivity contribution in [2.75, 3.05) is 5.32 Å². The average Bonchev–Trinajstić information content (AvgIpc) is 2.40. The number of alkyl halides is 2. The smallest absolute Gasteiger partial charge is 0.288 e. The maximum atomic E-state index is 12.2. The second-order valence-electron chi connectivity index (χ2n) is 4.16. The molecule has 0 spiro atoms. The lowest BCUT2D eigenvalue weighted by Crippen LogP contribution is -2.13. The van der Waals surface area contributed by atoms with Gasteiger partial charge in [0, 0.05) is 22.5 Å². The predicted octanol–water partition coefficient (Wildman–Crippen LogP) is 4.61. The fourth-order valence-corrected chi connectivity index (χ4v) is 2.40. The minimum atomic E-state index is -2.47. The van der Waals surface area contributed by atoms with Crippen LogP contribution in [-0.4, -0.2) is 16.6 Å². The van der Waals surface area contributed by atoms with Gasteiger partial charge in [-0.1, -0.05) is 23.4 Å². The normalized spacial score (nSPS) is 10.7. The van der Waals surface area contributed by atoms with E-state index in [0.29, 0.717) is 33.1 Å². The highest BCUT2D eigenvalue weighted by molar-refractivity contribution is 7.99. The van der Waals surface area contributed by atoms with E-state index in [2.05, 4.69) is 10.3 Å². The van der Waals surface area contributed by atoms with Gasteiger partial charge in [-0.3, -0.25) is 9.78 Å². The number of benzene rings is 1. The zero-order valence-corrected chi connectivity index (χ0v) is 12.5. The number of carbonyl (C=O) groups excluding carboxylic acids is 1. The Morgan fingerprint density at radius 3 is 2.57 bits per heavy atom. The van der Waals surface area contributed by atoms with Crippen molar-refractivity contribution in [2.45, 2.75) is 17.6 Å². The molecule has 7 heteroatoms. The van der Waals surface area contributed by atoms with Gasteiger partial charge < -0.3 is 5.32 Å². The molecule has 1 amide bonds. The van der Waals surface area contributed by atoms with E-state index >= 15 is 0 Å². The molecule has 1 aromatic heterocycles. The summed E-state index contributed by atoms with van der Waals surface area (Å²) in [5.41, 5.74) is 1.47. The molecular formula is C14H11ClF2N2OS. The van der Waals surface area contributed by atoms with Gasteiger partial charge in [-0.25, -0.2) is 0 Å². The van der Waals surface area contributed by atoms with E-state index in [1.807, 2.05) is 0 Å². The topological polar surface area (TPSA) is 42.0 Å². The molecule has 2 rings (SSSR count). The molecule has 0 aliphatic rings. The van der Waals surface area contributed by atoms with E-state index in [0.717, 1.165) is 0 Å². The summed E-state index contributed by atoms with van der Waals surface area (Å²) in [5.74, 6) is -2.87.